The lowest BCUT2D eigenvalue weighted by Gasteiger charge is -2.14. The van der Waals surface area contributed by atoms with Gasteiger partial charge in [-0.05, 0) is 12.1 Å². The highest BCUT2D eigenvalue weighted by Gasteiger charge is 2.51. The first kappa shape index (κ1) is 16.4. The molecular formula is C13H6Cl2F6N2. The van der Waals surface area contributed by atoms with E-state index in [1.54, 1.807) is 0 Å². The Morgan fingerprint density at radius 2 is 1.74 bits per heavy atom. The Hall–Kier alpha value is -1.41. The van der Waals surface area contributed by atoms with Gasteiger partial charge in [0.15, 0.2) is 6.17 Å². The van der Waals surface area contributed by atoms with E-state index >= 15 is 0 Å². The SMILES string of the molecule is FC1Cc2nn(-c3c(Cl)cc(C(F)(F)F)cc3Cl)cc2C1(F)F. The third kappa shape index (κ3) is 2.57. The summed E-state index contributed by atoms with van der Waals surface area (Å²) in [6, 6.07) is 1.23. The number of alkyl halides is 6. The third-order valence-electron chi connectivity index (χ3n) is 3.49. The minimum absolute atomic E-state index is 0.179. The molecule has 0 N–H and O–H groups in total. The normalized spacial score (nSPS) is 19.9. The molecule has 2 nitrogen and oxygen atoms in total. The van der Waals surface area contributed by atoms with Gasteiger partial charge in [-0.25, -0.2) is 9.07 Å². The van der Waals surface area contributed by atoms with Gasteiger partial charge in [-0.3, -0.25) is 0 Å². The zero-order chi connectivity index (χ0) is 17.2. The molecule has 3 rings (SSSR count). The van der Waals surface area contributed by atoms with Crippen LogP contribution in [0.1, 0.15) is 16.8 Å². The predicted molar refractivity (Wildman–Crippen MR) is 71.1 cm³/mol. The number of nitrogens with zero attached hydrogens (tertiary/aromatic N) is 2. The molecule has 1 aromatic heterocycles. The molecule has 0 aliphatic heterocycles. The Kier molecular flexibility index (Phi) is 3.61. The van der Waals surface area contributed by atoms with Gasteiger partial charge in [0.25, 0.3) is 0 Å². The molecule has 0 bridgehead atoms. The lowest BCUT2D eigenvalue weighted by molar-refractivity contribution is -0.137. The third-order valence-corrected chi connectivity index (χ3v) is 4.07. The first-order valence-corrected chi connectivity index (χ1v) is 6.95. The summed E-state index contributed by atoms with van der Waals surface area (Å²) in [5.74, 6) is -3.71. The van der Waals surface area contributed by atoms with Crippen LogP contribution in [0.5, 0.6) is 0 Å². The molecule has 0 amide bonds. The van der Waals surface area contributed by atoms with Crippen LogP contribution in [0.25, 0.3) is 5.69 Å². The molecule has 0 saturated carbocycles. The highest BCUT2D eigenvalue weighted by atomic mass is 35.5. The zero-order valence-corrected chi connectivity index (χ0v) is 12.4. The molecule has 1 aliphatic carbocycles. The lowest BCUT2D eigenvalue weighted by atomic mass is 10.2. The van der Waals surface area contributed by atoms with Crippen molar-refractivity contribution < 1.29 is 26.3 Å². The molecule has 124 valence electrons. The van der Waals surface area contributed by atoms with Crippen LogP contribution in [0, 0.1) is 0 Å². The Bertz CT molecular complexity index is 760. The van der Waals surface area contributed by atoms with Crippen LogP contribution in [0.15, 0.2) is 18.3 Å². The van der Waals surface area contributed by atoms with E-state index in [2.05, 4.69) is 5.10 Å². The van der Waals surface area contributed by atoms with Crippen molar-refractivity contribution in [3.05, 3.63) is 45.2 Å². The molecule has 1 atom stereocenters. The molecule has 1 heterocycles. The molecule has 23 heavy (non-hydrogen) atoms. The number of benzene rings is 1. The van der Waals surface area contributed by atoms with E-state index in [0.717, 1.165) is 10.9 Å². The summed E-state index contributed by atoms with van der Waals surface area (Å²) < 4.78 is 79.4. The molecule has 10 heteroatoms. The van der Waals surface area contributed by atoms with Gasteiger partial charge in [-0.2, -0.15) is 27.1 Å². The standard InChI is InChI=1S/C13H6Cl2F6N2/c14-7-1-5(13(19,20)21)2-8(15)11(7)23-4-6-9(22-23)3-10(16)12(6,17)18/h1-2,4,10H,3H2. The van der Waals surface area contributed by atoms with Crippen molar-refractivity contribution in [1.82, 2.24) is 9.78 Å². The van der Waals surface area contributed by atoms with Crippen molar-refractivity contribution >= 4 is 23.2 Å². The quantitative estimate of drug-likeness (QED) is 0.628. The van der Waals surface area contributed by atoms with Gasteiger partial charge in [0.05, 0.1) is 26.9 Å². The maximum Gasteiger partial charge on any atom is 0.416 e. The van der Waals surface area contributed by atoms with Crippen LogP contribution in [0.3, 0.4) is 0 Å². The van der Waals surface area contributed by atoms with Gasteiger partial charge >= 0.3 is 12.1 Å². The van der Waals surface area contributed by atoms with Crippen LogP contribution >= 0.6 is 23.2 Å². The average Bonchev–Trinajstić information content (AvgIpc) is 2.88. The van der Waals surface area contributed by atoms with Crippen molar-refractivity contribution in [1.29, 1.82) is 0 Å². The second-order valence-electron chi connectivity index (χ2n) is 5.01. The molecular weight excluding hydrogens is 369 g/mol. The fourth-order valence-corrected chi connectivity index (χ4v) is 3.03. The van der Waals surface area contributed by atoms with Crippen molar-refractivity contribution in [2.24, 2.45) is 0 Å². The highest BCUT2D eigenvalue weighted by molar-refractivity contribution is 6.37. The minimum Gasteiger partial charge on any atom is -0.240 e. The topological polar surface area (TPSA) is 17.8 Å². The molecule has 1 aromatic carbocycles. The second-order valence-corrected chi connectivity index (χ2v) is 5.83. The average molecular weight is 375 g/mol. The van der Waals surface area contributed by atoms with Gasteiger partial charge in [0, 0.05) is 12.6 Å². The van der Waals surface area contributed by atoms with Crippen LogP contribution in [0.4, 0.5) is 26.3 Å². The van der Waals surface area contributed by atoms with Crippen LogP contribution in [-0.4, -0.2) is 16.0 Å². The molecule has 0 fully saturated rings. The largest absolute Gasteiger partial charge is 0.416 e. The maximum absolute atomic E-state index is 13.6. The fourth-order valence-electron chi connectivity index (χ4n) is 2.37. The lowest BCUT2D eigenvalue weighted by Crippen LogP contribution is -2.22. The Morgan fingerprint density at radius 1 is 1.17 bits per heavy atom. The van der Waals surface area contributed by atoms with E-state index in [1.807, 2.05) is 0 Å². The highest BCUT2D eigenvalue weighted by Crippen LogP contribution is 2.44. The van der Waals surface area contributed by atoms with Gasteiger partial charge in [-0.15, -0.1) is 0 Å². The van der Waals surface area contributed by atoms with E-state index in [1.165, 1.54) is 0 Å². The molecule has 0 spiro atoms. The first-order valence-electron chi connectivity index (χ1n) is 6.19. The number of rotatable bonds is 1. The summed E-state index contributed by atoms with van der Waals surface area (Å²) >= 11 is 11.6. The summed E-state index contributed by atoms with van der Waals surface area (Å²) in [5.41, 5.74) is -2.07. The van der Waals surface area contributed by atoms with E-state index in [-0.39, 0.29) is 11.4 Å². The summed E-state index contributed by atoms with van der Waals surface area (Å²) in [6.07, 6.45) is -6.81. The fraction of sp³-hybridized carbons (Fsp3) is 0.308. The Morgan fingerprint density at radius 3 is 2.22 bits per heavy atom. The maximum atomic E-state index is 13.6. The summed E-state index contributed by atoms with van der Waals surface area (Å²) in [5, 5.41) is 2.95. The van der Waals surface area contributed by atoms with Gasteiger partial charge < -0.3 is 0 Å². The van der Waals surface area contributed by atoms with Gasteiger partial charge in [0.1, 0.15) is 5.69 Å². The van der Waals surface area contributed by atoms with E-state index < -0.39 is 45.9 Å². The van der Waals surface area contributed by atoms with Crippen molar-refractivity contribution in [2.45, 2.75) is 24.7 Å². The van der Waals surface area contributed by atoms with Gasteiger partial charge in [0.2, 0.25) is 0 Å². The zero-order valence-electron chi connectivity index (χ0n) is 10.9. The van der Waals surface area contributed by atoms with Crippen molar-refractivity contribution in [3.8, 4) is 5.69 Å². The molecule has 0 radical (unpaired) electrons. The van der Waals surface area contributed by atoms with E-state index in [0.29, 0.717) is 12.1 Å². The number of hydrogen-bond donors (Lipinski definition) is 0. The smallest absolute Gasteiger partial charge is 0.240 e. The minimum atomic E-state index is -4.66. The van der Waals surface area contributed by atoms with E-state index in [4.69, 9.17) is 23.2 Å². The van der Waals surface area contributed by atoms with Crippen molar-refractivity contribution in [2.75, 3.05) is 0 Å². The van der Waals surface area contributed by atoms with Gasteiger partial charge in [-0.1, -0.05) is 23.2 Å². The molecule has 2 aromatic rings. The van der Waals surface area contributed by atoms with Crippen LogP contribution in [0.2, 0.25) is 10.0 Å². The van der Waals surface area contributed by atoms with E-state index in [9.17, 15) is 26.3 Å². The van der Waals surface area contributed by atoms with Crippen molar-refractivity contribution in [3.63, 3.8) is 0 Å². The molecule has 1 aliphatic rings. The Balaban J connectivity index is 2.10. The number of fused-ring (bicyclic) bond motifs is 1. The van der Waals surface area contributed by atoms with Crippen LogP contribution in [-0.2, 0) is 18.5 Å². The number of hydrogen-bond acceptors (Lipinski definition) is 1. The first-order chi connectivity index (χ1) is 10.5. The molecule has 0 saturated heterocycles. The number of halogens is 8. The summed E-state index contributed by atoms with van der Waals surface area (Å²) in [6.45, 7) is 0. The number of aromatic nitrogens is 2. The monoisotopic (exact) mass is 374 g/mol. The summed E-state index contributed by atoms with van der Waals surface area (Å²) in [7, 11) is 0. The predicted octanol–water partition coefficient (Wildman–Crippen LogP) is 5.18. The van der Waals surface area contributed by atoms with Crippen LogP contribution < -0.4 is 0 Å². The molecule has 1 unspecified atom stereocenters. The second kappa shape index (κ2) is 5.04. The Labute approximate surface area is 135 Å². The summed E-state index contributed by atoms with van der Waals surface area (Å²) in [4.78, 5) is 0.